The van der Waals surface area contributed by atoms with Crippen molar-refractivity contribution in [2.24, 2.45) is 0 Å². The minimum absolute atomic E-state index is 0.0620. The van der Waals surface area contributed by atoms with Crippen LogP contribution in [0.15, 0.2) is 18.2 Å². The zero-order valence-corrected chi connectivity index (χ0v) is 11.3. The minimum atomic E-state index is -3.15. The smallest absolute Gasteiger partial charge is 0.208 e. The van der Waals surface area contributed by atoms with Crippen molar-refractivity contribution in [3.63, 3.8) is 0 Å². The molecule has 0 saturated carbocycles. The van der Waals surface area contributed by atoms with Crippen LogP contribution < -0.4 is 10.5 Å². The molecule has 5 heteroatoms. The van der Waals surface area contributed by atoms with Crippen molar-refractivity contribution in [2.45, 2.75) is 32.7 Å². The summed E-state index contributed by atoms with van der Waals surface area (Å²) < 4.78 is 25.0. The zero-order chi connectivity index (χ0) is 13.1. The molecule has 4 nitrogen and oxygen atoms in total. The zero-order valence-electron chi connectivity index (χ0n) is 10.5. The maximum absolute atomic E-state index is 11.2. The fraction of sp³-hybridized carbons (Fsp3) is 0.500. The lowest BCUT2D eigenvalue weighted by atomic mass is 10.0. The molecule has 1 rings (SSSR count). The van der Waals surface area contributed by atoms with E-state index in [2.05, 4.69) is 4.72 Å². The Balaban J connectivity index is 2.77. The second-order valence-electron chi connectivity index (χ2n) is 4.39. The quantitative estimate of drug-likeness (QED) is 0.783. The molecule has 96 valence electrons. The second kappa shape index (κ2) is 5.51. The molecule has 0 aromatic heterocycles. The third-order valence-corrected chi connectivity index (χ3v) is 3.45. The van der Waals surface area contributed by atoms with Gasteiger partial charge in [0.05, 0.1) is 6.26 Å². The fourth-order valence-electron chi connectivity index (χ4n) is 1.72. The van der Waals surface area contributed by atoms with E-state index in [1.807, 2.05) is 32.0 Å². The van der Waals surface area contributed by atoms with Gasteiger partial charge < -0.3 is 5.73 Å². The Hall–Kier alpha value is -1.07. The molecule has 0 aliphatic carbocycles. The van der Waals surface area contributed by atoms with E-state index in [1.165, 1.54) is 6.26 Å². The van der Waals surface area contributed by atoms with Gasteiger partial charge in [0.15, 0.2) is 0 Å². The number of nitrogens with two attached hydrogens (primary N) is 1. The number of hydrogen-bond donors (Lipinski definition) is 2. The van der Waals surface area contributed by atoms with Gasteiger partial charge in [-0.1, -0.05) is 19.1 Å². The van der Waals surface area contributed by atoms with Crippen molar-refractivity contribution in [1.82, 2.24) is 4.72 Å². The molecular weight excluding hydrogens is 236 g/mol. The predicted octanol–water partition coefficient (Wildman–Crippen LogP) is 1.45. The number of hydrogen-bond acceptors (Lipinski definition) is 3. The molecule has 0 fully saturated rings. The van der Waals surface area contributed by atoms with Crippen LogP contribution in [0.3, 0.4) is 0 Å². The van der Waals surface area contributed by atoms with Crippen LogP contribution in [-0.2, 0) is 16.4 Å². The topological polar surface area (TPSA) is 72.2 Å². The van der Waals surface area contributed by atoms with E-state index in [-0.39, 0.29) is 6.04 Å². The highest BCUT2D eigenvalue weighted by molar-refractivity contribution is 7.88. The third kappa shape index (κ3) is 4.75. The summed E-state index contributed by atoms with van der Waals surface area (Å²) in [5, 5.41) is 0. The van der Waals surface area contributed by atoms with Crippen LogP contribution in [0.4, 0.5) is 5.69 Å². The van der Waals surface area contributed by atoms with Crippen LogP contribution in [0.5, 0.6) is 0 Å². The highest BCUT2D eigenvalue weighted by Crippen LogP contribution is 2.15. The summed E-state index contributed by atoms with van der Waals surface area (Å²) in [5.41, 5.74) is 8.63. The van der Waals surface area contributed by atoms with Crippen molar-refractivity contribution in [3.05, 3.63) is 29.3 Å². The lowest BCUT2D eigenvalue weighted by Gasteiger charge is -2.16. The number of aryl methyl sites for hydroxylation is 1. The van der Waals surface area contributed by atoms with Gasteiger partial charge in [0.25, 0.3) is 0 Å². The highest BCUT2D eigenvalue weighted by atomic mass is 32.2. The van der Waals surface area contributed by atoms with Gasteiger partial charge in [0.2, 0.25) is 10.0 Å². The van der Waals surface area contributed by atoms with Crippen LogP contribution in [0, 0.1) is 6.92 Å². The maximum Gasteiger partial charge on any atom is 0.208 e. The van der Waals surface area contributed by atoms with E-state index in [1.54, 1.807) is 0 Å². The van der Waals surface area contributed by atoms with Crippen molar-refractivity contribution < 1.29 is 8.42 Å². The summed E-state index contributed by atoms with van der Waals surface area (Å²) in [6.07, 6.45) is 2.63. The lowest BCUT2D eigenvalue weighted by molar-refractivity contribution is 0.541. The molecule has 0 radical (unpaired) electrons. The molecule has 0 bridgehead atoms. The summed E-state index contributed by atoms with van der Waals surface area (Å²) in [7, 11) is -3.15. The number of rotatable bonds is 5. The first kappa shape index (κ1) is 14.0. The average molecular weight is 256 g/mol. The van der Waals surface area contributed by atoms with Gasteiger partial charge in [-0.15, -0.1) is 0 Å². The van der Waals surface area contributed by atoms with E-state index in [4.69, 9.17) is 5.73 Å². The molecule has 0 amide bonds. The lowest BCUT2D eigenvalue weighted by Crippen LogP contribution is -2.35. The number of nitrogen functional groups attached to an aromatic ring is 1. The number of nitrogens with one attached hydrogen (secondary N) is 1. The van der Waals surface area contributed by atoms with E-state index in [0.717, 1.165) is 23.2 Å². The van der Waals surface area contributed by atoms with Gasteiger partial charge in [0.1, 0.15) is 0 Å². The molecule has 3 N–H and O–H groups in total. The summed E-state index contributed by atoms with van der Waals surface area (Å²) >= 11 is 0. The molecule has 0 spiro atoms. The van der Waals surface area contributed by atoms with Gasteiger partial charge in [-0.3, -0.25) is 0 Å². The highest BCUT2D eigenvalue weighted by Gasteiger charge is 2.12. The van der Waals surface area contributed by atoms with Gasteiger partial charge in [0, 0.05) is 11.7 Å². The van der Waals surface area contributed by atoms with Gasteiger partial charge in [-0.05, 0) is 37.0 Å². The normalized spacial score (nSPS) is 13.6. The predicted molar refractivity (Wildman–Crippen MR) is 71.4 cm³/mol. The standard InChI is InChI=1S/C12H20N2O2S/c1-4-11(14-17(3,15)16)8-10-5-6-12(13)9(2)7-10/h5-7,11,14H,4,8,13H2,1-3H3. The van der Waals surface area contributed by atoms with Crippen LogP contribution in [0.1, 0.15) is 24.5 Å². The Morgan fingerprint density at radius 3 is 2.53 bits per heavy atom. The molecule has 0 heterocycles. The minimum Gasteiger partial charge on any atom is -0.399 e. The van der Waals surface area contributed by atoms with Crippen LogP contribution >= 0.6 is 0 Å². The molecular formula is C12H20N2O2S. The first-order chi connectivity index (χ1) is 7.81. The van der Waals surface area contributed by atoms with Crippen molar-refractivity contribution >= 4 is 15.7 Å². The molecule has 0 aliphatic heterocycles. The monoisotopic (exact) mass is 256 g/mol. The van der Waals surface area contributed by atoms with E-state index >= 15 is 0 Å². The Labute approximate surface area is 103 Å². The van der Waals surface area contributed by atoms with E-state index < -0.39 is 10.0 Å². The first-order valence-electron chi connectivity index (χ1n) is 5.64. The Bertz CT molecular complexity index is 483. The van der Waals surface area contributed by atoms with Crippen LogP contribution in [-0.4, -0.2) is 20.7 Å². The largest absolute Gasteiger partial charge is 0.399 e. The van der Waals surface area contributed by atoms with Gasteiger partial charge in [-0.2, -0.15) is 0 Å². The summed E-state index contributed by atoms with van der Waals surface area (Å²) in [4.78, 5) is 0. The van der Waals surface area contributed by atoms with Gasteiger partial charge >= 0.3 is 0 Å². The SMILES string of the molecule is CCC(Cc1ccc(N)c(C)c1)NS(C)(=O)=O. The third-order valence-electron chi connectivity index (χ3n) is 2.69. The number of anilines is 1. The molecule has 1 atom stereocenters. The molecule has 1 unspecified atom stereocenters. The summed E-state index contributed by atoms with van der Waals surface area (Å²) in [6.45, 7) is 3.91. The Morgan fingerprint density at radius 2 is 2.06 bits per heavy atom. The molecule has 17 heavy (non-hydrogen) atoms. The number of sulfonamides is 1. The molecule has 0 aliphatic rings. The summed E-state index contributed by atoms with van der Waals surface area (Å²) in [6, 6.07) is 5.74. The summed E-state index contributed by atoms with van der Waals surface area (Å²) in [5.74, 6) is 0. The van der Waals surface area contributed by atoms with E-state index in [9.17, 15) is 8.42 Å². The molecule has 1 aromatic carbocycles. The van der Waals surface area contributed by atoms with Crippen LogP contribution in [0.25, 0.3) is 0 Å². The average Bonchev–Trinajstić information content (AvgIpc) is 2.20. The van der Waals surface area contributed by atoms with Crippen molar-refractivity contribution in [1.29, 1.82) is 0 Å². The van der Waals surface area contributed by atoms with Crippen LogP contribution in [0.2, 0.25) is 0 Å². The Morgan fingerprint density at radius 1 is 1.41 bits per heavy atom. The molecule has 1 aromatic rings. The second-order valence-corrected chi connectivity index (χ2v) is 6.17. The van der Waals surface area contributed by atoms with E-state index in [0.29, 0.717) is 6.42 Å². The van der Waals surface area contributed by atoms with Gasteiger partial charge in [-0.25, -0.2) is 13.1 Å². The van der Waals surface area contributed by atoms with Crippen molar-refractivity contribution in [2.75, 3.05) is 12.0 Å². The fourth-order valence-corrected chi connectivity index (χ4v) is 2.58. The first-order valence-corrected chi connectivity index (χ1v) is 7.53. The van der Waals surface area contributed by atoms with Crippen molar-refractivity contribution in [3.8, 4) is 0 Å². The number of benzene rings is 1. The Kier molecular flexibility index (Phi) is 4.54. The maximum atomic E-state index is 11.2. The molecule has 0 saturated heterocycles.